The molecule has 1 saturated heterocycles. The van der Waals surface area contributed by atoms with Gasteiger partial charge in [-0.25, -0.2) is 4.98 Å². The van der Waals surface area contributed by atoms with E-state index in [2.05, 4.69) is 9.88 Å². The Morgan fingerprint density at radius 3 is 2.59 bits per heavy atom. The molecule has 0 unspecified atom stereocenters. The lowest BCUT2D eigenvalue weighted by atomic mass is 10.2. The van der Waals surface area contributed by atoms with Crippen LogP contribution in [0.5, 0.6) is 5.75 Å². The fourth-order valence-corrected chi connectivity index (χ4v) is 3.73. The molecule has 2 heterocycles. The zero-order chi connectivity index (χ0) is 20.4. The molecule has 1 aliphatic rings. The van der Waals surface area contributed by atoms with Crippen LogP contribution < -0.4 is 15.2 Å². The molecule has 2 aromatic carbocycles. The highest BCUT2D eigenvalue weighted by Gasteiger charge is 2.23. The van der Waals surface area contributed by atoms with Gasteiger partial charge in [-0.1, -0.05) is 18.2 Å². The van der Waals surface area contributed by atoms with Crippen molar-refractivity contribution < 1.29 is 9.53 Å². The molecule has 7 nitrogen and oxygen atoms in total. The number of anilines is 1. The minimum atomic E-state index is -0.216. The highest BCUT2D eigenvalue weighted by Crippen LogP contribution is 2.22. The van der Waals surface area contributed by atoms with Crippen LogP contribution in [0.3, 0.4) is 0 Å². The lowest BCUT2D eigenvalue weighted by Gasteiger charge is -2.36. The van der Waals surface area contributed by atoms with E-state index in [1.807, 2.05) is 53.4 Å². The van der Waals surface area contributed by atoms with Crippen LogP contribution in [-0.4, -0.2) is 53.6 Å². The molecule has 4 rings (SSSR count). The van der Waals surface area contributed by atoms with Gasteiger partial charge >= 0.3 is 0 Å². The fourth-order valence-electron chi connectivity index (χ4n) is 3.73. The molecule has 29 heavy (non-hydrogen) atoms. The first-order chi connectivity index (χ1) is 14.1. The Balaban J connectivity index is 1.48. The van der Waals surface area contributed by atoms with Crippen molar-refractivity contribution in [3.8, 4) is 5.75 Å². The van der Waals surface area contributed by atoms with Crippen LogP contribution in [0.1, 0.15) is 5.69 Å². The fraction of sp³-hybridized carbons (Fsp3) is 0.318. The second kappa shape index (κ2) is 7.95. The van der Waals surface area contributed by atoms with E-state index in [1.54, 1.807) is 14.0 Å². The van der Waals surface area contributed by atoms with Crippen LogP contribution in [0.15, 0.2) is 53.3 Å². The standard InChI is InChI=1S/C22H24N4O3/c1-16-22(28)26(20-9-4-3-8-19(20)23-16)15-21(27)25-12-10-24(11-13-25)17-6-5-7-18(14-17)29-2/h3-9,14H,10-13,15H2,1-2H3. The predicted molar refractivity (Wildman–Crippen MR) is 113 cm³/mol. The summed E-state index contributed by atoms with van der Waals surface area (Å²) in [4.78, 5) is 33.9. The normalized spacial score (nSPS) is 14.3. The third kappa shape index (κ3) is 3.81. The van der Waals surface area contributed by atoms with Crippen LogP contribution in [0.2, 0.25) is 0 Å². The molecule has 0 bridgehead atoms. The first-order valence-electron chi connectivity index (χ1n) is 9.70. The van der Waals surface area contributed by atoms with E-state index in [9.17, 15) is 9.59 Å². The summed E-state index contributed by atoms with van der Waals surface area (Å²) >= 11 is 0. The Labute approximate surface area is 169 Å². The minimum absolute atomic E-state index is 0.0296. The Morgan fingerprint density at radius 2 is 1.83 bits per heavy atom. The molecular weight excluding hydrogens is 368 g/mol. The first-order valence-corrected chi connectivity index (χ1v) is 9.70. The number of carbonyl (C=O) groups is 1. The molecule has 0 spiro atoms. The van der Waals surface area contributed by atoms with Gasteiger partial charge < -0.3 is 14.5 Å². The third-order valence-electron chi connectivity index (χ3n) is 5.36. The maximum atomic E-state index is 12.9. The monoisotopic (exact) mass is 392 g/mol. The summed E-state index contributed by atoms with van der Waals surface area (Å²) in [6.07, 6.45) is 0. The Hall–Kier alpha value is -3.35. The number of piperazine rings is 1. The second-order valence-corrected chi connectivity index (χ2v) is 7.15. The van der Waals surface area contributed by atoms with E-state index in [0.717, 1.165) is 30.0 Å². The number of hydrogen-bond acceptors (Lipinski definition) is 5. The molecule has 1 fully saturated rings. The largest absolute Gasteiger partial charge is 0.497 e. The molecule has 3 aromatic rings. The highest BCUT2D eigenvalue weighted by atomic mass is 16.5. The molecule has 1 aromatic heterocycles. The third-order valence-corrected chi connectivity index (χ3v) is 5.36. The van der Waals surface area contributed by atoms with Gasteiger partial charge in [-0.15, -0.1) is 0 Å². The van der Waals surface area contributed by atoms with Gasteiger partial charge in [0.25, 0.3) is 5.56 Å². The van der Waals surface area contributed by atoms with Crippen molar-refractivity contribution in [3.05, 3.63) is 64.6 Å². The topological polar surface area (TPSA) is 67.7 Å². The van der Waals surface area contributed by atoms with Gasteiger partial charge in [-0.05, 0) is 31.2 Å². The summed E-state index contributed by atoms with van der Waals surface area (Å²) < 4.78 is 6.83. The van der Waals surface area contributed by atoms with Crippen LogP contribution in [-0.2, 0) is 11.3 Å². The van der Waals surface area contributed by atoms with Crippen LogP contribution >= 0.6 is 0 Å². The maximum absolute atomic E-state index is 12.9. The Bertz CT molecular complexity index is 1100. The molecule has 1 amide bonds. The van der Waals surface area contributed by atoms with Gasteiger partial charge in [0, 0.05) is 37.9 Å². The molecule has 150 valence electrons. The lowest BCUT2D eigenvalue weighted by Crippen LogP contribution is -2.50. The molecule has 0 saturated carbocycles. The number of fused-ring (bicyclic) bond motifs is 1. The average molecular weight is 392 g/mol. The summed E-state index contributed by atoms with van der Waals surface area (Å²) in [5, 5.41) is 0. The van der Waals surface area contributed by atoms with Crippen molar-refractivity contribution in [2.45, 2.75) is 13.5 Å². The SMILES string of the molecule is COc1cccc(N2CCN(C(=O)Cn3c(=O)c(C)nc4ccccc43)CC2)c1. The van der Waals surface area contributed by atoms with Gasteiger partial charge in [-0.2, -0.15) is 0 Å². The first kappa shape index (κ1) is 19.0. The second-order valence-electron chi connectivity index (χ2n) is 7.15. The van der Waals surface area contributed by atoms with Crippen LogP contribution in [0.4, 0.5) is 5.69 Å². The van der Waals surface area contributed by atoms with E-state index in [0.29, 0.717) is 24.3 Å². The van der Waals surface area contributed by atoms with Crippen LogP contribution in [0.25, 0.3) is 11.0 Å². The van der Waals surface area contributed by atoms with Crippen molar-refractivity contribution in [1.29, 1.82) is 0 Å². The summed E-state index contributed by atoms with van der Waals surface area (Å²) in [7, 11) is 1.65. The number of methoxy groups -OCH3 is 1. The Kier molecular flexibility index (Phi) is 5.20. The summed E-state index contributed by atoms with van der Waals surface area (Å²) in [6, 6.07) is 15.4. The van der Waals surface area contributed by atoms with Gasteiger partial charge in [0.1, 0.15) is 18.0 Å². The minimum Gasteiger partial charge on any atom is -0.497 e. The van der Waals surface area contributed by atoms with Crippen molar-refractivity contribution in [2.24, 2.45) is 0 Å². The number of para-hydroxylation sites is 2. The smallest absolute Gasteiger partial charge is 0.272 e. The quantitative estimate of drug-likeness (QED) is 0.680. The van der Waals surface area contributed by atoms with E-state index in [4.69, 9.17) is 4.74 Å². The molecule has 0 aliphatic carbocycles. The summed E-state index contributed by atoms with van der Waals surface area (Å²) in [6.45, 7) is 4.43. The van der Waals surface area contributed by atoms with E-state index in [-0.39, 0.29) is 18.0 Å². The molecule has 7 heteroatoms. The van der Waals surface area contributed by atoms with Crippen molar-refractivity contribution in [2.75, 3.05) is 38.2 Å². The van der Waals surface area contributed by atoms with Gasteiger partial charge in [0.05, 0.1) is 18.1 Å². The number of benzene rings is 2. The summed E-state index contributed by atoms with van der Waals surface area (Å²) in [5.74, 6) is 0.772. The van der Waals surface area contributed by atoms with E-state index in [1.165, 1.54) is 4.57 Å². The lowest BCUT2D eigenvalue weighted by molar-refractivity contribution is -0.132. The number of rotatable bonds is 4. The van der Waals surface area contributed by atoms with Crippen molar-refractivity contribution in [3.63, 3.8) is 0 Å². The average Bonchev–Trinajstić information content (AvgIpc) is 2.77. The van der Waals surface area contributed by atoms with Crippen LogP contribution in [0, 0.1) is 6.92 Å². The van der Waals surface area contributed by atoms with Gasteiger partial charge in [-0.3, -0.25) is 14.2 Å². The molecule has 0 atom stereocenters. The molecule has 0 N–H and O–H groups in total. The van der Waals surface area contributed by atoms with E-state index < -0.39 is 0 Å². The molecule has 0 radical (unpaired) electrons. The van der Waals surface area contributed by atoms with E-state index >= 15 is 0 Å². The van der Waals surface area contributed by atoms with Gasteiger partial charge in [0.15, 0.2) is 0 Å². The number of carbonyl (C=O) groups excluding carboxylic acids is 1. The molecular formula is C22H24N4O3. The highest BCUT2D eigenvalue weighted by molar-refractivity contribution is 5.80. The zero-order valence-corrected chi connectivity index (χ0v) is 16.7. The Morgan fingerprint density at radius 1 is 1.07 bits per heavy atom. The van der Waals surface area contributed by atoms with Gasteiger partial charge in [0.2, 0.25) is 5.91 Å². The number of amides is 1. The maximum Gasteiger partial charge on any atom is 0.272 e. The predicted octanol–water partition coefficient (Wildman–Crippen LogP) is 2.06. The number of hydrogen-bond donors (Lipinski definition) is 0. The number of nitrogens with zero attached hydrogens (tertiary/aromatic N) is 4. The zero-order valence-electron chi connectivity index (χ0n) is 16.7. The van der Waals surface area contributed by atoms with Crippen molar-refractivity contribution >= 4 is 22.6 Å². The number of aromatic nitrogens is 2. The number of ether oxygens (including phenoxy) is 1. The molecule has 1 aliphatic heterocycles. The number of aryl methyl sites for hydroxylation is 1. The summed E-state index contributed by atoms with van der Waals surface area (Å²) in [5.41, 5.74) is 2.68. The van der Waals surface area contributed by atoms with Crippen molar-refractivity contribution in [1.82, 2.24) is 14.5 Å².